The lowest BCUT2D eigenvalue weighted by molar-refractivity contribution is -0.116. The van der Waals surface area contributed by atoms with Crippen molar-refractivity contribution >= 4 is 29.1 Å². The number of amidine groups is 1. The summed E-state index contributed by atoms with van der Waals surface area (Å²) in [6.07, 6.45) is 1.52. The van der Waals surface area contributed by atoms with Crippen LogP contribution < -0.4 is 14.8 Å². The Morgan fingerprint density at radius 1 is 1.31 bits per heavy atom. The summed E-state index contributed by atoms with van der Waals surface area (Å²) in [5, 5.41) is 11.0. The van der Waals surface area contributed by atoms with Crippen molar-refractivity contribution < 1.29 is 18.7 Å². The molecule has 2 aromatic carbocycles. The lowest BCUT2D eigenvalue weighted by Crippen LogP contribution is -2.19. The van der Waals surface area contributed by atoms with Gasteiger partial charge in [0.1, 0.15) is 12.4 Å². The van der Waals surface area contributed by atoms with E-state index in [9.17, 15) is 9.18 Å². The van der Waals surface area contributed by atoms with Crippen LogP contribution in [0.1, 0.15) is 11.1 Å². The van der Waals surface area contributed by atoms with Gasteiger partial charge in [0.2, 0.25) is 5.91 Å². The van der Waals surface area contributed by atoms with Crippen LogP contribution in [0.25, 0.3) is 0 Å². The molecule has 134 valence electrons. The molecule has 6 nitrogen and oxygen atoms in total. The Morgan fingerprint density at radius 3 is 2.88 bits per heavy atom. The van der Waals surface area contributed by atoms with E-state index in [2.05, 4.69) is 15.5 Å². The molecular weight excluding hydrogens is 357 g/mol. The molecule has 1 saturated heterocycles. The van der Waals surface area contributed by atoms with E-state index >= 15 is 0 Å². The van der Waals surface area contributed by atoms with Crippen molar-refractivity contribution in [2.45, 2.75) is 6.61 Å². The van der Waals surface area contributed by atoms with Crippen molar-refractivity contribution in [3.63, 3.8) is 0 Å². The summed E-state index contributed by atoms with van der Waals surface area (Å²) >= 11 is 1.29. The highest BCUT2D eigenvalue weighted by molar-refractivity contribution is 8.15. The third kappa shape index (κ3) is 4.60. The van der Waals surface area contributed by atoms with Crippen LogP contribution in [0.2, 0.25) is 0 Å². The maximum Gasteiger partial charge on any atom is 0.236 e. The minimum atomic E-state index is -0.320. The summed E-state index contributed by atoms with van der Waals surface area (Å²) in [5.74, 6) is 0.937. The van der Waals surface area contributed by atoms with E-state index in [0.29, 0.717) is 33.5 Å². The van der Waals surface area contributed by atoms with Crippen LogP contribution in [0.3, 0.4) is 0 Å². The number of halogens is 1. The number of carbonyl (C=O) groups excluding carboxylic acids is 1. The van der Waals surface area contributed by atoms with Crippen molar-refractivity contribution in [3.8, 4) is 11.5 Å². The zero-order valence-corrected chi connectivity index (χ0v) is 14.8. The van der Waals surface area contributed by atoms with Gasteiger partial charge >= 0.3 is 0 Å². The fourth-order valence-electron chi connectivity index (χ4n) is 2.25. The van der Waals surface area contributed by atoms with E-state index in [1.54, 1.807) is 30.3 Å². The molecule has 0 aliphatic carbocycles. The number of ether oxygens (including phenoxy) is 2. The van der Waals surface area contributed by atoms with Crippen LogP contribution in [-0.4, -0.2) is 30.2 Å². The Morgan fingerprint density at radius 2 is 2.15 bits per heavy atom. The minimum Gasteiger partial charge on any atom is -0.493 e. The maximum atomic E-state index is 13.3. The first-order valence-corrected chi connectivity index (χ1v) is 8.72. The first-order chi connectivity index (χ1) is 12.7. The Bertz CT molecular complexity index is 871. The van der Waals surface area contributed by atoms with Crippen LogP contribution in [0, 0.1) is 5.82 Å². The molecule has 1 fully saturated rings. The van der Waals surface area contributed by atoms with Crippen molar-refractivity contribution in [2.24, 2.45) is 10.2 Å². The molecule has 2 aromatic rings. The molecule has 1 heterocycles. The SMILES string of the molecule is COc1cccc(C=NN=C2NC(=O)CS2)c1OCc1cccc(F)c1. The number of nitrogens with one attached hydrogen (secondary N) is 1. The van der Waals surface area contributed by atoms with Crippen molar-refractivity contribution in [2.75, 3.05) is 12.9 Å². The number of thioether (sulfide) groups is 1. The van der Waals surface area contributed by atoms with Gasteiger partial charge in [0.05, 0.1) is 19.1 Å². The normalized spacial score (nSPS) is 15.5. The molecule has 1 aliphatic rings. The summed E-state index contributed by atoms with van der Waals surface area (Å²) in [6.45, 7) is 0.180. The number of hydrogen-bond donors (Lipinski definition) is 1. The van der Waals surface area contributed by atoms with Crippen LogP contribution in [0.4, 0.5) is 4.39 Å². The molecule has 0 atom stereocenters. The molecule has 3 rings (SSSR count). The zero-order chi connectivity index (χ0) is 18.4. The van der Waals surface area contributed by atoms with E-state index in [4.69, 9.17) is 9.47 Å². The Labute approximate surface area is 154 Å². The molecule has 1 N–H and O–H groups in total. The lowest BCUT2D eigenvalue weighted by Gasteiger charge is -2.13. The highest BCUT2D eigenvalue weighted by atomic mass is 32.2. The predicted octanol–water partition coefficient (Wildman–Crippen LogP) is 2.97. The largest absolute Gasteiger partial charge is 0.493 e. The van der Waals surface area contributed by atoms with Gasteiger partial charge in [0.15, 0.2) is 16.7 Å². The fraction of sp³-hybridized carbons (Fsp3) is 0.167. The number of amides is 1. The van der Waals surface area contributed by atoms with Gasteiger partial charge in [0.25, 0.3) is 0 Å². The van der Waals surface area contributed by atoms with Gasteiger partial charge in [-0.2, -0.15) is 5.10 Å². The van der Waals surface area contributed by atoms with Crippen molar-refractivity contribution in [3.05, 3.63) is 59.4 Å². The van der Waals surface area contributed by atoms with E-state index in [1.165, 1.54) is 37.2 Å². The number of methoxy groups -OCH3 is 1. The molecule has 8 heteroatoms. The molecule has 26 heavy (non-hydrogen) atoms. The third-order valence-corrected chi connectivity index (χ3v) is 4.30. The number of rotatable bonds is 6. The predicted molar refractivity (Wildman–Crippen MR) is 99.4 cm³/mol. The van der Waals surface area contributed by atoms with Crippen molar-refractivity contribution in [1.29, 1.82) is 0 Å². The summed E-state index contributed by atoms with van der Waals surface area (Å²) in [5.41, 5.74) is 1.35. The number of benzene rings is 2. The summed E-state index contributed by atoms with van der Waals surface area (Å²) in [4.78, 5) is 11.1. The molecule has 0 spiro atoms. The zero-order valence-electron chi connectivity index (χ0n) is 13.9. The van der Waals surface area contributed by atoms with Gasteiger partial charge in [-0.25, -0.2) is 4.39 Å². The Kier molecular flexibility index (Phi) is 5.85. The van der Waals surface area contributed by atoms with Gasteiger partial charge in [-0.3, -0.25) is 4.79 Å². The highest BCUT2D eigenvalue weighted by Gasteiger charge is 2.16. The number of para-hydroxylation sites is 1. The van der Waals surface area contributed by atoms with E-state index in [1.807, 2.05) is 0 Å². The van der Waals surface area contributed by atoms with Crippen LogP contribution >= 0.6 is 11.8 Å². The molecule has 1 aliphatic heterocycles. The van der Waals surface area contributed by atoms with Gasteiger partial charge in [0, 0.05) is 5.56 Å². The Hall–Kier alpha value is -2.87. The fourth-order valence-corrected chi connectivity index (χ4v) is 2.89. The van der Waals surface area contributed by atoms with Gasteiger partial charge in [-0.1, -0.05) is 30.0 Å². The molecular formula is C18H16FN3O3S. The second-order valence-electron chi connectivity index (χ2n) is 5.28. The first-order valence-electron chi connectivity index (χ1n) is 7.73. The summed E-state index contributed by atoms with van der Waals surface area (Å²) < 4.78 is 24.5. The molecule has 0 unspecified atom stereocenters. The molecule has 0 bridgehead atoms. The summed E-state index contributed by atoms with van der Waals surface area (Å²) in [7, 11) is 1.54. The van der Waals surface area contributed by atoms with E-state index in [0.717, 1.165) is 0 Å². The minimum absolute atomic E-state index is 0.0931. The number of nitrogens with zero attached hydrogens (tertiary/aromatic N) is 2. The average Bonchev–Trinajstić information content (AvgIpc) is 3.05. The van der Waals surface area contributed by atoms with Gasteiger partial charge in [-0.05, 0) is 29.8 Å². The topological polar surface area (TPSA) is 72.3 Å². The van der Waals surface area contributed by atoms with Crippen LogP contribution in [0.5, 0.6) is 11.5 Å². The standard InChI is InChI=1S/C18H16FN3O3S/c1-24-15-7-3-5-13(9-20-22-18-21-16(23)11-26-18)17(15)25-10-12-4-2-6-14(19)8-12/h2-9H,10-11H2,1H3,(H,21,22,23). The number of hydrogen-bond acceptors (Lipinski definition) is 6. The van der Waals surface area contributed by atoms with E-state index in [-0.39, 0.29) is 18.3 Å². The monoisotopic (exact) mass is 373 g/mol. The first kappa shape index (κ1) is 17.9. The summed E-state index contributed by atoms with van der Waals surface area (Å²) in [6, 6.07) is 11.6. The van der Waals surface area contributed by atoms with Crippen LogP contribution in [0.15, 0.2) is 52.7 Å². The average molecular weight is 373 g/mol. The third-order valence-electron chi connectivity index (χ3n) is 3.43. The molecule has 1 amide bonds. The maximum absolute atomic E-state index is 13.3. The lowest BCUT2D eigenvalue weighted by atomic mass is 10.2. The Balaban J connectivity index is 1.78. The van der Waals surface area contributed by atoms with Crippen LogP contribution in [-0.2, 0) is 11.4 Å². The van der Waals surface area contributed by atoms with Gasteiger partial charge < -0.3 is 14.8 Å². The smallest absolute Gasteiger partial charge is 0.236 e. The second-order valence-corrected chi connectivity index (χ2v) is 6.25. The van der Waals surface area contributed by atoms with E-state index < -0.39 is 0 Å². The number of carbonyl (C=O) groups is 1. The molecule has 0 radical (unpaired) electrons. The molecule has 0 aromatic heterocycles. The van der Waals surface area contributed by atoms with Gasteiger partial charge in [-0.15, -0.1) is 5.10 Å². The molecule has 0 saturated carbocycles. The van der Waals surface area contributed by atoms with Crippen molar-refractivity contribution in [1.82, 2.24) is 5.32 Å². The second kappa shape index (κ2) is 8.48. The highest BCUT2D eigenvalue weighted by Crippen LogP contribution is 2.31. The quantitative estimate of drug-likeness (QED) is 0.624.